The van der Waals surface area contributed by atoms with Crippen LogP contribution in [0.15, 0.2) is 18.2 Å². The molecule has 1 aromatic rings. The fourth-order valence-corrected chi connectivity index (χ4v) is 2.83. The van der Waals surface area contributed by atoms with Gasteiger partial charge in [0.2, 0.25) is 0 Å². The summed E-state index contributed by atoms with van der Waals surface area (Å²) >= 11 is 12.3. The molecule has 1 unspecified atom stereocenters. The van der Waals surface area contributed by atoms with Crippen LogP contribution in [0.3, 0.4) is 0 Å². The Hall–Kier alpha value is -0.280. The van der Waals surface area contributed by atoms with Gasteiger partial charge in [0, 0.05) is 32.2 Å². The van der Waals surface area contributed by atoms with E-state index in [4.69, 9.17) is 23.2 Å². The number of halogens is 2. The molecule has 0 radical (unpaired) electrons. The number of piperazine rings is 1. The molecule has 106 valence electrons. The maximum Gasteiger partial charge on any atom is 0.0637 e. The molecule has 1 aliphatic heterocycles. The Balaban J connectivity index is 2.05. The summed E-state index contributed by atoms with van der Waals surface area (Å²) in [6, 6.07) is 6.37. The number of rotatable bonds is 2. The molecule has 1 saturated heterocycles. The highest BCUT2D eigenvalue weighted by Gasteiger charge is 2.29. The van der Waals surface area contributed by atoms with Crippen LogP contribution in [-0.4, -0.2) is 30.6 Å². The van der Waals surface area contributed by atoms with Crippen LogP contribution in [0.1, 0.15) is 26.3 Å². The van der Waals surface area contributed by atoms with Crippen LogP contribution in [0, 0.1) is 5.41 Å². The molecule has 2 rings (SSSR count). The second-order valence-electron chi connectivity index (χ2n) is 6.32. The molecule has 1 heterocycles. The van der Waals surface area contributed by atoms with Crippen molar-refractivity contribution in [2.75, 3.05) is 19.6 Å². The first-order valence-electron chi connectivity index (χ1n) is 6.76. The zero-order chi connectivity index (χ0) is 14.0. The van der Waals surface area contributed by atoms with E-state index >= 15 is 0 Å². The monoisotopic (exact) mass is 300 g/mol. The fraction of sp³-hybridized carbons (Fsp3) is 0.600. The molecule has 0 amide bonds. The second-order valence-corrected chi connectivity index (χ2v) is 7.11. The van der Waals surface area contributed by atoms with E-state index in [1.807, 2.05) is 12.1 Å². The Bertz CT molecular complexity index is 440. The van der Waals surface area contributed by atoms with E-state index in [1.54, 1.807) is 0 Å². The predicted molar refractivity (Wildman–Crippen MR) is 83.0 cm³/mol. The zero-order valence-corrected chi connectivity index (χ0v) is 13.4. The fourth-order valence-electron chi connectivity index (χ4n) is 2.45. The predicted octanol–water partition coefficient (Wildman–Crippen LogP) is 3.81. The number of hydrogen-bond donors (Lipinski definition) is 1. The molecule has 1 fully saturated rings. The molecule has 0 aromatic heterocycles. The van der Waals surface area contributed by atoms with Crippen molar-refractivity contribution in [3.8, 4) is 0 Å². The second kappa shape index (κ2) is 6.01. The van der Waals surface area contributed by atoms with Crippen molar-refractivity contribution in [2.24, 2.45) is 5.41 Å². The van der Waals surface area contributed by atoms with E-state index in [-0.39, 0.29) is 5.41 Å². The van der Waals surface area contributed by atoms with E-state index in [0.717, 1.165) is 31.7 Å². The lowest BCUT2D eigenvalue weighted by Crippen LogP contribution is -2.55. The van der Waals surface area contributed by atoms with Crippen LogP contribution in [0.5, 0.6) is 0 Å². The van der Waals surface area contributed by atoms with Gasteiger partial charge in [0.1, 0.15) is 0 Å². The van der Waals surface area contributed by atoms with Gasteiger partial charge in [-0.2, -0.15) is 0 Å². The van der Waals surface area contributed by atoms with E-state index < -0.39 is 0 Å². The molecule has 1 aliphatic rings. The van der Waals surface area contributed by atoms with E-state index in [2.05, 4.69) is 37.1 Å². The molecule has 1 N–H and O–H groups in total. The number of nitrogens with one attached hydrogen (secondary N) is 1. The summed E-state index contributed by atoms with van der Waals surface area (Å²) in [6.07, 6.45) is 0. The van der Waals surface area contributed by atoms with Crippen LogP contribution in [0.2, 0.25) is 10.0 Å². The van der Waals surface area contributed by atoms with Crippen molar-refractivity contribution in [1.82, 2.24) is 10.2 Å². The topological polar surface area (TPSA) is 15.3 Å². The van der Waals surface area contributed by atoms with E-state index in [9.17, 15) is 0 Å². The Kier molecular flexibility index (Phi) is 4.78. The standard InChI is InChI=1S/C15H22Cl2N2/c1-15(2,3)13-10-19(8-7-18-13)9-11-5-4-6-12(16)14(11)17/h4-6,13,18H,7-10H2,1-3H3. The summed E-state index contributed by atoms with van der Waals surface area (Å²) in [4.78, 5) is 2.45. The lowest BCUT2D eigenvalue weighted by Gasteiger charge is -2.40. The van der Waals surface area contributed by atoms with Gasteiger partial charge in [-0.05, 0) is 17.0 Å². The quantitative estimate of drug-likeness (QED) is 0.893. The minimum absolute atomic E-state index is 0.275. The van der Waals surface area contributed by atoms with Crippen LogP contribution >= 0.6 is 23.2 Å². The first-order chi connectivity index (χ1) is 8.88. The molecular formula is C15H22Cl2N2. The number of nitrogens with zero attached hydrogens (tertiary/aromatic N) is 1. The summed E-state index contributed by atoms with van der Waals surface area (Å²) in [7, 11) is 0. The Morgan fingerprint density at radius 3 is 2.74 bits per heavy atom. The maximum absolute atomic E-state index is 6.26. The van der Waals surface area contributed by atoms with Gasteiger partial charge >= 0.3 is 0 Å². The SMILES string of the molecule is CC(C)(C)C1CN(Cc2cccc(Cl)c2Cl)CCN1. The lowest BCUT2D eigenvalue weighted by molar-refractivity contribution is 0.129. The van der Waals surface area contributed by atoms with Crippen molar-refractivity contribution in [1.29, 1.82) is 0 Å². The van der Waals surface area contributed by atoms with Gasteiger partial charge in [-0.3, -0.25) is 4.90 Å². The van der Waals surface area contributed by atoms with Crippen LogP contribution in [0.25, 0.3) is 0 Å². The minimum Gasteiger partial charge on any atom is -0.311 e. The number of hydrogen-bond acceptors (Lipinski definition) is 2. The largest absolute Gasteiger partial charge is 0.311 e. The lowest BCUT2D eigenvalue weighted by atomic mass is 9.85. The minimum atomic E-state index is 0.275. The molecule has 1 aromatic carbocycles. The highest BCUT2D eigenvalue weighted by molar-refractivity contribution is 6.42. The normalized spacial score (nSPS) is 21.6. The van der Waals surface area contributed by atoms with Gasteiger partial charge in [-0.1, -0.05) is 56.1 Å². The van der Waals surface area contributed by atoms with Gasteiger partial charge in [0.15, 0.2) is 0 Å². The van der Waals surface area contributed by atoms with Crippen molar-refractivity contribution >= 4 is 23.2 Å². The van der Waals surface area contributed by atoms with Crippen LogP contribution < -0.4 is 5.32 Å². The van der Waals surface area contributed by atoms with Gasteiger partial charge in [0.25, 0.3) is 0 Å². The van der Waals surface area contributed by atoms with Crippen LogP contribution in [-0.2, 0) is 6.54 Å². The van der Waals surface area contributed by atoms with E-state index in [1.165, 1.54) is 0 Å². The van der Waals surface area contributed by atoms with Crippen LogP contribution in [0.4, 0.5) is 0 Å². The maximum atomic E-state index is 6.26. The Morgan fingerprint density at radius 2 is 2.05 bits per heavy atom. The highest BCUT2D eigenvalue weighted by Crippen LogP contribution is 2.28. The first-order valence-corrected chi connectivity index (χ1v) is 7.52. The molecular weight excluding hydrogens is 279 g/mol. The van der Waals surface area contributed by atoms with Gasteiger partial charge in [-0.25, -0.2) is 0 Å². The molecule has 1 atom stereocenters. The Labute approximate surface area is 126 Å². The molecule has 19 heavy (non-hydrogen) atoms. The third-order valence-electron chi connectivity index (χ3n) is 3.73. The van der Waals surface area contributed by atoms with Crippen molar-refractivity contribution in [2.45, 2.75) is 33.4 Å². The van der Waals surface area contributed by atoms with Crippen molar-refractivity contribution < 1.29 is 0 Å². The molecule has 0 saturated carbocycles. The highest BCUT2D eigenvalue weighted by atomic mass is 35.5. The van der Waals surface area contributed by atoms with Crippen molar-refractivity contribution in [3.05, 3.63) is 33.8 Å². The van der Waals surface area contributed by atoms with Gasteiger partial charge in [0.05, 0.1) is 10.0 Å². The average molecular weight is 301 g/mol. The summed E-state index contributed by atoms with van der Waals surface area (Å²) in [6.45, 7) is 10.8. The third-order valence-corrected chi connectivity index (χ3v) is 4.59. The summed E-state index contributed by atoms with van der Waals surface area (Å²) in [5.74, 6) is 0. The summed E-state index contributed by atoms with van der Waals surface area (Å²) in [5.41, 5.74) is 1.39. The zero-order valence-electron chi connectivity index (χ0n) is 11.8. The summed E-state index contributed by atoms with van der Waals surface area (Å²) in [5, 5.41) is 4.93. The first kappa shape index (κ1) is 15.1. The molecule has 4 heteroatoms. The molecule has 2 nitrogen and oxygen atoms in total. The van der Waals surface area contributed by atoms with Gasteiger partial charge < -0.3 is 5.32 Å². The van der Waals surface area contributed by atoms with E-state index in [0.29, 0.717) is 16.1 Å². The smallest absolute Gasteiger partial charge is 0.0637 e. The van der Waals surface area contributed by atoms with Gasteiger partial charge in [-0.15, -0.1) is 0 Å². The van der Waals surface area contributed by atoms with Crippen molar-refractivity contribution in [3.63, 3.8) is 0 Å². The number of benzene rings is 1. The molecule has 0 aliphatic carbocycles. The average Bonchev–Trinajstić information content (AvgIpc) is 2.34. The Morgan fingerprint density at radius 1 is 1.32 bits per heavy atom. The third kappa shape index (κ3) is 3.85. The summed E-state index contributed by atoms with van der Waals surface area (Å²) < 4.78 is 0. The molecule has 0 bridgehead atoms. The molecule has 0 spiro atoms.